The lowest BCUT2D eigenvalue weighted by molar-refractivity contribution is 0.0842. The van der Waals surface area contributed by atoms with E-state index in [0.717, 1.165) is 9.37 Å². The van der Waals surface area contributed by atoms with Gasteiger partial charge in [0.1, 0.15) is 10.7 Å². The van der Waals surface area contributed by atoms with Crippen LogP contribution in [0, 0.1) is 0 Å². The van der Waals surface area contributed by atoms with Crippen molar-refractivity contribution < 1.29 is 9.59 Å². The van der Waals surface area contributed by atoms with Gasteiger partial charge in [0.15, 0.2) is 0 Å². The van der Waals surface area contributed by atoms with E-state index in [1.165, 1.54) is 18.0 Å². The molecule has 2 N–H and O–H groups in total. The normalized spacial score (nSPS) is 10.2. The third-order valence-electron chi connectivity index (χ3n) is 3.23. The molecule has 0 spiro atoms. The van der Waals surface area contributed by atoms with Crippen molar-refractivity contribution in [2.24, 2.45) is 0 Å². The van der Waals surface area contributed by atoms with Gasteiger partial charge in [-0.3, -0.25) is 25.4 Å². The number of benzene rings is 1. The second-order valence-electron chi connectivity index (χ2n) is 5.04. The summed E-state index contributed by atoms with van der Waals surface area (Å²) >= 11 is 4.75. The third-order valence-corrected chi connectivity index (χ3v) is 4.79. The molecule has 1 aromatic carbocycles. The molecule has 0 radical (unpaired) electrons. The average molecular weight is 429 g/mol. The van der Waals surface area contributed by atoms with Gasteiger partial charge in [0, 0.05) is 21.8 Å². The molecule has 6 nitrogen and oxygen atoms in total. The Morgan fingerprint density at radius 1 is 0.846 bits per heavy atom. The van der Waals surface area contributed by atoms with E-state index >= 15 is 0 Å². The zero-order valence-electron chi connectivity index (χ0n) is 13.3. The first kappa shape index (κ1) is 18.1. The molecule has 0 saturated carbocycles. The van der Waals surface area contributed by atoms with Crippen LogP contribution in [0.25, 0.3) is 0 Å². The minimum absolute atomic E-state index is 0.212. The number of halogens is 1. The molecule has 2 aromatic heterocycles. The fourth-order valence-corrected chi connectivity index (χ4v) is 3.15. The number of nitrogens with one attached hydrogen (secondary N) is 2. The van der Waals surface area contributed by atoms with E-state index in [9.17, 15) is 9.59 Å². The molecule has 0 bridgehead atoms. The zero-order valence-corrected chi connectivity index (χ0v) is 15.8. The molecule has 0 aliphatic carbocycles. The van der Waals surface area contributed by atoms with Gasteiger partial charge in [-0.2, -0.15) is 0 Å². The predicted molar refractivity (Wildman–Crippen MR) is 102 cm³/mol. The van der Waals surface area contributed by atoms with Crippen LogP contribution in [0.2, 0.25) is 0 Å². The van der Waals surface area contributed by atoms with Gasteiger partial charge in [-0.1, -0.05) is 33.8 Å². The second kappa shape index (κ2) is 8.59. The number of rotatable bonds is 4. The number of aromatic nitrogens is 2. The number of carbonyl (C=O) groups is 2. The minimum atomic E-state index is -0.495. The fraction of sp³-hybridized carbons (Fsp3) is 0. The molecule has 26 heavy (non-hydrogen) atoms. The highest BCUT2D eigenvalue weighted by atomic mass is 79.9. The zero-order chi connectivity index (χ0) is 18.4. The van der Waals surface area contributed by atoms with Crippen molar-refractivity contribution in [1.82, 2.24) is 20.8 Å². The lowest BCUT2D eigenvalue weighted by atomic mass is 10.3. The molecule has 130 valence electrons. The van der Waals surface area contributed by atoms with Gasteiger partial charge in [-0.25, -0.2) is 4.98 Å². The number of pyridine rings is 2. The van der Waals surface area contributed by atoms with Crippen molar-refractivity contribution in [3.05, 3.63) is 82.7 Å². The molecular formula is C18H13BrN4O2S. The Morgan fingerprint density at radius 3 is 2.31 bits per heavy atom. The van der Waals surface area contributed by atoms with E-state index in [1.807, 2.05) is 24.3 Å². The molecule has 2 amide bonds. The van der Waals surface area contributed by atoms with Crippen LogP contribution in [0.15, 0.2) is 81.4 Å². The van der Waals surface area contributed by atoms with Crippen molar-refractivity contribution in [3.8, 4) is 0 Å². The molecule has 0 atom stereocenters. The van der Waals surface area contributed by atoms with Gasteiger partial charge in [0.25, 0.3) is 11.8 Å². The Kier molecular flexibility index (Phi) is 5.98. The first-order chi connectivity index (χ1) is 12.6. The van der Waals surface area contributed by atoms with E-state index < -0.39 is 11.8 Å². The van der Waals surface area contributed by atoms with Crippen molar-refractivity contribution in [3.63, 3.8) is 0 Å². The summed E-state index contributed by atoms with van der Waals surface area (Å²) < 4.78 is 0.970. The summed E-state index contributed by atoms with van der Waals surface area (Å²) in [6.45, 7) is 0. The summed E-state index contributed by atoms with van der Waals surface area (Å²) in [5.74, 6) is -0.952. The van der Waals surface area contributed by atoms with Crippen molar-refractivity contribution in [2.45, 2.75) is 9.92 Å². The summed E-state index contributed by atoms with van der Waals surface area (Å²) in [5.41, 5.74) is 5.32. The maximum absolute atomic E-state index is 12.4. The summed E-state index contributed by atoms with van der Waals surface area (Å²) in [7, 11) is 0. The van der Waals surface area contributed by atoms with E-state index in [0.29, 0.717) is 10.6 Å². The second-order valence-corrected chi connectivity index (χ2v) is 7.01. The Balaban J connectivity index is 1.69. The van der Waals surface area contributed by atoms with Crippen LogP contribution < -0.4 is 10.9 Å². The van der Waals surface area contributed by atoms with Crippen LogP contribution in [-0.2, 0) is 0 Å². The predicted octanol–water partition coefficient (Wildman–Crippen LogP) is 3.47. The number of hydrazine groups is 1. The Bertz CT molecular complexity index is 920. The molecule has 0 unspecified atom stereocenters. The third kappa shape index (κ3) is 4.68. The number of hydrogen-bond acceptors (Lipinski definition) is 5. The van der Waals surface area contributed by atoms with Crippen LogP contribution in [0.3, 0.4) is 0 Å². The van der Waals surface area contributed by atoms with Crippen molar-refractivity contribution in [2.75, 3.05) is 0 Å². The van der Waals surface area contributed by atoms with E-state index in [-0.39, 0.29) is 5.69 Å². The minimum Gasteiger partial charge on any atom is -0.267 e. The number of carbonyl (C=O) groups excluding carboxylic acids is 2. The lowest BCUT2D eigenvalue weighted by Crippen LogP contribution is -2.42. The standard InChI is InChI=1S/C18H13BrN4O2S/c19-12-6-8-13(9-7-12)26-18-14(4-3-11-21-18)16(24)22-23-17(25)15-5-1-2-10-20-15/h1-11H,(H,22,24)(H,23,25). The molecule has 0 aliphatic heterocycles. The largest absolute Gasteiger partial charge is 0.288 e. The van der Waals surface area contributed by atoms with E-state index in [1.54, 1.807) is 36.5 Å². The molecule has 2 heterocycles. The summed E-state index contributed by atoms with van der Waals surface area (Å²) in [4.78, 5) is 33.6. The smallest absolute Gasteiger partial charge is 0.267 e. The van der Waals surface area contributed by atoms with Crippen LogP contribution in [-0.4, -0.2) is 21.8 Å². The van der Waals surface area contributed by atoms with E-state index in [4.69, 9.17) is 0 Å². The van der Waals surface area contributed by atoms with Crippen molar-refractivity contribution >= 4 is 39.5 Å². The molecule has 3 aromatic rings. The van der Waals surface area contributed by atoms with Crippen LogP contribution in [0.5, 0.6) is 0 Å². The van der Waals surface area contributed by atoms with Crippen molar-refractivity contribution in [1.29, 1.82) is 0 Å². The number of amides is 2. The lowest BCUT2D eigenvalue weighted by Gasteiger charge is -2.10. The molecule has 0 aliphatic rings. The SMILES string of the molecule is O=C(NNC(=O)c1cccnc1Sc1ccc(Br)cc1)c1ccccn1. The van der Waals surface area contributed by atoms with Gasteiger partial charge < -0.3 is 0 Å². The number of nitrogens with zero attached hydrogens (tertiary/aromatic N) is 2. The average Bonchev–Trinajstić information content (AvgIpc) is 2.68. The summed E-state index contributed by atoms with van der Waals surface area (Å²) in [6, 6.07) is 15.9. The van der Waals surface area contributed by atoms with Gasteiger partial charge >= 0.3 is 0 Å². The molecule has 0 fully saturated rings. The quantitative estimate of drug-likeness (QED) is 0.621. The first-order valence-electron chi connectivity index (χ1n) is 7.53. The summed E-state index contributed by atoms with van der Waals surface area (Å²) in [5, 5.41) is 0.541. The molecule has 8 heteroatoms. The topological polar surface area (TPSA) is 84.0 Å². The van der Waals surface area contributed by atoms with Gasteiger partial charge in [-0.15, -0.1) is 0 Å². The van der Waals surface area contributed by atoms with Crippen LogP contribution in [0.1, 0.15) is 20.8 Å². The maximum atomic E-state index is 12.4. The molecule has 0 saturated heterocycles. The Labute approximate surface area is 162 Å². The molecule has 3 rings (SSSR count). The maximum Gasteiger partial charge on any atom is 0.288 e. The van der Waals surface area contributed by atoms with Gasteiger partial charge in [-0.05, 0) is 48.5 Å². The Hall–Kier alpha value is -2.71. The Morgan fingerprint density at radius 2 is 1.58 bits per heavy atom. The highest BCUT2D eigenvalue weighted by Crippen LogP contribution is 2.29. The first-order valence-corrected chi connectivity index (χ1v) is 9.14. The summed E-state index contributed by atoms with van der Waals surface area (Å²) in [6.07, 6.45) is 3.12. The monoisotopic (exact) mass is 428 g/mol. The van der Waals surface area contributed by atoms with Crippen LogP contribution >= 0.6 is 27.7 Å². The van der Waals surface area contributed by atoms with Crippen LogP contribution in [0.4, 0.5) is 0 Å². The highest BCUT2D eigenvalue weighted by molar-refractivity contribution is 9.10. The highest BCUT2D eigenvalue weighted by Gasteiger charge is 2.15. The fourth-order valence-electron chi connectivity index (χ4n) is 2.00. The molecular weight excluding hydrogens is 416 g/mol. The number of hydrogen-bond donors (Lipinski definition) is 2. The van der Waals surface area contributed by atoms with Gasteiger partial charge in [0.05, 0.1) is 5.56 Å². The van der Waals surface area contributed by atoms with E-state index in [2.05, 4.69) is 36.7 Å². The van der Waals surface area contributed by atoms with Gasteiger partial charge in [0.2, 0.25) is 0 Å².